The summed E-state index contributed by atoms with van der Waals surface area (Å²) in [7, 11) is 0. The Morgan fingerprint density at radius 2 is 2.40 bits per heavy atom. The first-order valence-corrected chi connectivity index (χ1v) is 7.73. The van der Waals surface area contributed by atoms with Crippen LogP contribution in [0.25, 0.3) is 10.2 Å². The van der Waals surface area contributed by atoms with Crippen LogP contribution in [0, 0.1) is 12.3 Å². The Hall–Kier alpha value is -1.97. The van der Waals surface area contributed by atoms with Gasteiger partial charge < -0.3 is 4.42 Å². The molecule has 3 aromatic heterocycles. The fourth-order valence-electron chi connectivity index (χ4n) is 1.84. The Morgan fingerprint density at radius 3 is 3.15 bits per heavy atom. The molecule has 0 saturated heterocycles. The van der Waals surface area contributed by atoms with Crippen molar-refractivity contribution in [2.75, 3.05) is 5.75 Å². The normalized spacial score (nSPS) is 10.8. The van der Waals surface area contributed by atoms with Crippen LogP contribution in [0.3, 0.4) is 0 Å². The van der Waals surface area contributed by atoms with E-state index in [-0.39, 0.29) is 5.56 Å². The van der Waals surface area contributed by atoms with E-state index < -0.39 is 0 Å². The molecule has 0 saturated carbocycles. The fourth-order valence-corrected chi connectivity index (χ4v) is 3.29. The van der Waals surface area contributed by atoms with Crippen LogP contribution in [0.15, 0.2) is 44.2 Å². The predicted octanol–water partition coefficient (Wildman–Crippen LogP) is 2.82. The summed E-state index contributed by atoms with van der Waals surface area (Å²) in [5, 5.41) is 2.49. The number of nitrogens with zero attached hydrogens (tertiary/aromatic N) is 2. The lowest BCUT2D eigenvalue weighted by Crippen LogP contribution is -2.23. The van der Waals surface area contributed by atoms with Gasteiger partial charge in [0, 0.05) is 0 Å². The first-order valence-electron chi connectivity index (χ1n) is 5.86. The minimum atomic E-state index is -0.0547. The maximum absolute atomic E-state index is 12.5. The topological polar surface area (TPSA) is 48.0 Å². The molecule has 0 unspecified atom stereocenters. The molecule has 0 atom stereocenters. The summed E-state index contributed by atoms with van der Waals surface area (Å²) >= 11 is 2.78. The monoisotopic (exact) mass is 302 g/mol. The van der Waals surface area contributed by atoms with Gasteiger partial charge in [0.1, 0.15) is 10.5 Å². The molecule has 0 spiro atoms. The van der Waals surface area contributed by atoms with Gasteiger partial charge in [-0.3, -0.25) is 9.36 Å². The van der Waals surface area contributed by atoms with Crippen molar-refractivity contribution in [2.45, 2.75) is 11.7 Å². The van der Waals surface area contributed by atoms with Crippen LogP contribution in [0.4, 0.5) is 0 Å². The molecule has 0 N–H and O–H groups in total. The lowest BCUT2D eigenvalue weighted by atomic mass is 10.4. The van der Waals surface area contributed by atoms with E-state index in [1.54, 1.807) is 16.9 Å². The van der Waals surface area contributed by atoms with Gasteiger partial charge in [-0.1, -0.05) is 17.7 Å². The van der Waals surface area contributed by atoms with Crippen LogP contribution >= 0.6 is 23.1 Å². The zero-order valence-electron chi connectivity index (χ0n) is 10.4. The number of hydrogen-bond donors (Lipinski definition) is 0. The summed E-state index contributed by atoms with van der Waals surface area (Å²) in [5.41, 5.74) is 0.663. The van der Waals surface area contributed by atoms with E-state index in [0.717, 1.165) is 5.52 Å². The molecule has 3 aromatic rings. The molecule has 0 aromatic carbocycles. The Balaban J connectivity index is 2.13. The van der Waals surface area contributed by atoms with Crippen LogP contribution in [0.5, 0.6) is 0 Å². The highest BCUT2D eigenvalue weighted by Gasteiger charge is 2.13. The van der Waals surface area contributed by atoms with Gasteiger partial charge in [-0.25, -0.2) is 4.98 Å². The number of hydrogen-bond acceptors (Lipinski definition) is 5. The summed E-state index contributed by atoms with van der Waals surface area (Å²) in [6.45, 7) is 0.361. The third-order valence-corrected chi connectivity index (χ3v) is 4.48. The first kappa shape index (κ1) is 13.0. The third kappa shape index (κ3) is 2.38. The van der Waals surface area contributed by atoms with Gasteiger partial charge in [-0.05, 0) is 23.6 Å². The number of terminal acetylenes is 1. The van der Waals surface area contributed by atoms with E-state index in [2.05, 4.69) is 10.9 Å². The Kier molecular flexibility index (Phi) is 3.63. The summed E-state index contributed by atoms with van der Waals surface area (Å²) in [6.07, 6.45) is 6.88. The lowest BCUT2D eigenvalue weighted by molar-refractivity contribution is 0.477. The third-order valence-electron chi connectivity index (χ3n) is 2.71. The van der Waals surface area contributed by atoms with E-state index in [1.807, 2.05) is 17.5 Å². The number of aromatic nitrogens is 2. The van der Waals surface area contributed by atoms with Crippen molar-refractivity contribution in [2.24, 2.45) is 0 Å². The molecule has 4 nitrogen and oxygen atoms in total. The number of furan rings is 1. The Bertz CT molecular complexity index is 825. The molecule has 0 fully saturated rings. The molecule has 0 radical (unpaired) electrons. The molecular weight excluding hydrogens is 292 g/mol. The molecule has 0 bridgehead atoms. The quantitative estimate of drug-likeness (QED) is 0.422. The number of rotatable bonds is 4. The second kappa shape index (κ2) is 5.57. The number of thioether (sulfide) groups is 1. The second-order valence-electron chi connectivity index (χ2n) is 3.99. The smallest absolute Gasteiger partial charge is 0.272 e. The van der Waals surface area contributed by atoms with Crippen molar-refractivity contribution in [3.05, 3.63) is 46.0 Å². The second-order valence-corrected chi connectivity index (χ2v) is 5.85. The van der Waals surface area contributed by atoms with Crippen LogP contribution in [-0.4, -0.2) is 15.3 Å². The van der Waals surface area contributed by atoms with Crippen molar-refractivity contribution < 1.29 is 4.42 Å². The molecular formula is C14H10N2O2S2. The van der Waals surface area contributed by atoms with E-state index in [4.69, 9.17) is 10.8 Å². The molecule has 6 heteroatoms. The molecule has 0 amide bonds. The molecule has 3 rings (SSSR count). The van der Waals surface area contributed by atoms with Gasteiger partial charge in [-0.2, -0.15) is 0 Å². The fraction of sp³-hybridized carbons (Fsp3) is 0.143. The van der Waals surface area contributed by atoms with Crippen LogP contribution in [0.2, 0.25) is 0 Å². The summed E-state index contributed by atoms with van der Waals surface area (Å²) in [4.78, 5) is 17.0. The standard InChI is InChI=1S/C14H10N2O2S2/c1-2-7-20-14-15-11-5-8-19-12(11)13(17)16(14)9-10-4-3-6-18-10/h1,3-6,8H,7,9H2. The van der Waals surface area contributed by atoms with Crippen molar-refractivity contribution in [1.29, 1.82) is 0 Å². The van der Waals surface area contributed by atoms with Crippen molar-refractivity contribution in [1.82, 2.24) is 9.55 Å². The van der Waals surface area contributed by atoms with Gasteiger partial charge in [0.25, 0.3) is 5.56 Å². The van der Waals surface area contributed by atoms with Crippen LogP contribution < -0.4 is 5.56 Å². The van der Waals surface area contributed by atoms with Crippen molar-refractivity contribution in [3.63, 3.8) is 0 Å². The lowest BCUT2D eigenvalue weighted by Gasteiger charge is -2.09. The molecule has 100 valence electrons. The van der Waals surface area contributed by atoms with E-state index in [9.17, 15) is 4.79 Å². The van der Waals surface area contributed by atoms with Crippen LogP contribution in [0.1, 0.15) is 5.76 Å². The Labute approximate surface area is 123 Å². The van der Waals surface area contributed by atoms with E-state index in [0.29, 0.717) is 27.9 Å². The number of fused-ring (bicyclic) bond motifs is 1. The average Bonchev–Trinajstić information content (AvgIpc) is 3.11. The molecule has 20 heavy (non-hydrogen) atoms. The highest BCUT2D eigenvalue weighted by atomic mass is 32.2. The summed E-state index contributed by atoms with van der Waals surface area (Å²) < 4.78 is 7.58. The van der Waals surface area contributed by atoms with E-state index in [1.165, 1.54) is 23.1 Å². The largest absolute Gasteiger partial charge is 0.467 e. The van der Waals surface area contributed by atoms with Gasteiger partial charge >= 0.3 is 0 Å². The highest BCUT2D eigenvalue weighted by Crippen LogP contribution is 2.21. The predicted molar refractivity (Wildman–Crippen MR) is 81.2 cm³/mol. The van der Waals surface area contributed by atoms with Gasteiger partial charge in [0.15, 0.2) is 5.16 Å². The van der Waals surface area contributed by atoms with Crippen molar-refractivity contribution >= 4 is 33.3 Å². The van der Waals surface area contributed by atoms with Gasteiger partial charge in [0.05, 0.1) is 24.1 Å². The summed E-state index contributed by atoms with van der Waals surface area (Å²) in [6, 6.07) is 5.48. The zero-order chi connectivity index (χ0) is 13.9. The summed E-state index contributed by atoms with van der Waals surface area (Å²) in [5.74, 6) is 3.74. The van der Waals surface area contributed by atoms with Gasteiger partial charge in [-0.15, -0.1) is 17.8 Å². The Morgan fingerprint density at radius 1 is 1.50 bits per heavy atom. The minimum Gasteiger partial charge on any atom is -0.467 e. The molecule has 0 aliphatic rings. The SMILES string of the molecule is C#CCSc1nc2ccsc2c(=O)n1Cc1ccco1. The zero-order valence-corrected chi connectivity index (χ0v) is 12.0. The first-order chi connectivity index (χ1) is 9.79. The minimum absolute atomic E-state index is 0.0547. The molecule has 0 aliphatic carbocycles. The highest BCUT2D eigenvalue weighted by molar-refractivity contribution is 7.99. The van der Waals surface area contributed by atoms with Crippen LogP contribution in [-0.2, 0) is 6.54 Å². The average molecular weight is 302 g/mol. The van der Waals surface area contributed by atoms with Gasteiger partial charge in [0.2, 0.25) is 0 Å². The molecule has 0 aliphatic heterocycles. The molecule has 3 heterocycles. The maximum atomic E-state index is 12.5. The number of thiophene rings is 1. The van der Waals surface area contributed by atoms with Crippen molar-refractivity contribution in [3.8, 4) is 12.3 Å². The maximum Gasteiger partial charge on any atom is 0.272 e. The van der Waals surface area contributed by atoms with E-state index >= 15 is 0 Å².